The number of nitrogens with one attached hydrogen (secondary N) is 1. The number of nitrogens with zero attached hydrogens (tertiary/aromatic N) is 2. The minimum atomic E-state index is -0.788. The van der Waals surface area contributed by atoms with E-state index in [4.69, 9.17) is 4.74 Å². The van der Waals surface area contributed by atoms with E-state index in [1.54, 1.807) is 36.4 Å². The summed E-state index contributed by atoms with van der Waals surface area (Å²) < 4.78 is 7.31. The second-order valence-corrected chi connectivity index (χ2v) is 9.87. The Bertz CT molecular complexity index is 1420. The first-order valence-electron chi connectivity index (χ1n) is 10.9. The Labute approximate surface area is 230 Å². The molecule has 1 aliphatic heterocycles. The average Bonchev–Trinajstić information content (AvgIpc) is 2.86. The highest BCUT2D eigenvalue weighted by molar-refractivity contribution is 14.1. The third-order valence-electron chi connectivity index (χ3n) is 5.55. The van der Waals surface area contributed by atoms with Crippen LogP contribution in [0.3, 0.4) is 0 Å². The van der Waals surface area contributed by atoms with Gasteiger partial charge in [0.15, 0.2) is 0 Å². The van der Waals surface area contributed by atoms with Crippen molar-refractivity contribution in [2.45, 2.75) is 20.0 Å². The number of ether oxygens (including phenoxy) is 1. The summed E-state index contributed by atoms with van der Waals surface area (Å²) in [5.41, 5.74) is 3.16. The highest BCUT2D eigenvalue weighted by Crippen LogP contribution is 2.34. The number of imide groups is 2. The zero-order chi connectivity index (χ0) is 25.8. The Morgan fingerprint density at radius 1 is 1.11 bits per heavy atom. The van der Waals surface area contributed by atoms with Crippen LogP contribution in [0.5, 0.6) is 5.75 Å². The van der Waals surface area contributed by atoms with Gasteiger partial charge < -0.3 is 4.74 Å². The molecule has 0 spiro atoms. The molecule has 0 aliphatic carbocycles. The van der Waals surface area contributed by atoms with Crippen LogP contribution in [-0.4, -0.2) is 17.8 Å². The van der Waals surface area contributed by atoms with Gasteiger partial charge in [0.1, 0.15) is 17.9 Å². The third kappa shape index (κ3) is 5.34. The van der Waals surface area contributed by atoms with Crippen LogP contribution in [0.4, 0.5) is 10.5 Å². The van der Waals surface area contributed by atoms with E-state index in [-0.39, 0.29) is 12.2 Å². The molecule has 9 heteroatoms. The highest BCUT2D eigenvalue weighted by Gasteiger charge is 2.36. The fourth-order valence-electron chi connectivity index (χ4n) is 3.65. The second-order valence-electron chi connectivity index (χ2n) is 7.85. The maximum Gasteiger partial charge on any atom is 0.335 e. The molecule has 0 bridgehead atoms. The van der Waals surface area contributed by atoms with Gasteiger partial charge in [-0.3, -0.25) is 14.9 Å². The Morgan fingerprint density at radius 3 is 2.50 bits per heavy atom. The lowest BCUT2D eigenvalue weighted by atomic mass is 10.1. The van der Waals surface area contributed by atoms with E-state index >= 15 is 0 Å². The summed E-state index contributed by atoms with van der Waals surface area (Å²) in [6.07, 6.45) is 2.27. The molecule has 4 amide bonds. The van der Waals surface area contributed by atoms with Crippen molar-refractivity contribution < 1.29 is 19.1 Å². The van der Waals surface area contributed by atoms with E-state index in [1.165, 1.54) is 6.08 Å². The molecule has 1 aliphatic rings. The second kappa shape index (κ2) is 11.1. The number of urea groups is 1. The zero-order valence-corrected chi connectivity index (χ0v) is 22.8. The predicted octanol–water partition coefficient (Wildman–Crippen LogP) is 5.73. The van der Waals surface area contributed by atoms with Crippen molar-refractivity contribution in [2.24, 2.45) is 0 Å². The highest BCUT2D eigenvalue weighted by atomic mass is 127. The molecule has 180 valence electrons. The number of hydrogen-bond donors (Lipinski definition) is 1. The minimum Gasteiger partial charge on any atom is -0.487 e. The topological polar surface area (TPSA) is 99.5 Å². The number of hydrogen-bond acceptors (Lipinski definition) is 5. The largest absolute Gasteiger partial charge is 0.487 e. The smallest absolute Gasteiger partial charge is 0.335 e. The molecule has 0 radical (unpaired) electrons. The lowest BCUT2D eigenvalue weighted by molar-refractivity contribution is -0.122. The van der Waals surface area contributed by atoms with Crippen LogP contribution in [0, 0.1) is 14.9 Å². The number of anilines is 1. The summed E-state index contributed by atoms with van der Waals surface area (Å²) in [4.78, 5) is 39.1. The summed E-state index contributed by atoms with van der Waals surface area (Å²) in [6.45, 7) is 2.21. The van der Waals surface area contributed by atoms with Gasteiger partial charge >= 0.3 is 6.03 Å². The first-order chi connectivity index (χ1) is 17.3. The Morgan fingerprint density at radius 2 is 1.83 bits per heavy atom. The van der Waals surface area contributed by atoms with Crippen molar-refractivity contribution in [1.29, 1.82) is 5.26 Å². The number of barbiturate groups is 1. The lowest BCUT2D eigenvalue weighted by Crippen LogP contribution is -2.54. The molecule has 0 aromatic heterocycles. The van der Waals surface area contributed by atoms with Crippen LogP contribution in [0.25, 0.3) is 6.08 Å². The number of benzene rings is 3. The third-order valence-corrected chi connectivity index (χ3v) is 6.94. The number of halogens is 2. The molecule has 36 heavy (non-hydrogen) atoms. The van der Waals surface area contributed by atoms with Gasteiger partial charge in [0.25, 0.3) is 11.8 Å². The van der Waals surface area contributed by atoms with Crippen molar-refractivity contribution in [1.82, 2.24) is 5.32 Å². The maximum absolute atomic E-state index is 13.2. The van der Waals surface area contributed by atoms with Gasteiger partial charge in [0, 0.05) is 5.56 Å². The molecule has 1 fully saturated rings. The van der Waals surface area contributed by atoms with Crippen LogP contribution in [0.15, 0.2) is 70.7 Å². The molecule has 3 aromatic rings. The summed E-state index contributed by atoms with van der Waals surface area (Å²) in [5, 5.41) is 11.5. The van der Waals surface area contributed by atoms with Gasteiger partial charge in [0.2, 0.25) is 0 Å². The van der Waals surface area contributed by atoms with Crippen molar-refractivity contribution >= 4 is 68.1 Å². The van der Waals surface area contributed by atoms with Crippen molar-refractivity contribution in [3.63, 3.8) is 0 Å². The molecule has 7 nitrogen and oxygen atoms in total. The molecular formula is C27H19BrIN3O4. The molecular weight excluding hydrogens is 637 g/mol. The van der Waals surface area contributed by atoms with E-state index < -0.39 is 17.8 Å². The van der Waals surface area contributed by atoms with Crippen molar-refractivity contribution in [2.75, 3.05) is 4.90 Å². The normalized spacial score (nSPS) is 14.6. The molecule has 4 rings (SSSR count). The van der Waals surface area contributed by atoms with E-state index in [0.29, 0.717) is 27.0 Å². The number of aryl methyl sites for hydroxylation is 1. The van der Waals surface area contributed by atoms with E-state index in [0.717, 1.165) is 26.0 Å². The summed E-state index contributed by atoms with van der Waals surface area (Å²) in [5.74, 6) is -0.892. The monoisotopic (exact) mass is 655 g/mol. The fourth-order valence-corrected chi connectivity index (χ4v) is 5.41. The summed E-state index contributed by atoms with van der Waals surface area (Å²) in [7, 11) is 0. The quantitative estimate of drug-likeness (QED) is 0.208. The van der Waals surface area contributed by atoms with Crippen molar-refractivity contribution in [3.8, 4) is 11.8 Å². The summed E-state index contributed by atoms with van der Waals surface area (Å²) >= 11 is 5.60. The predicted molar refractivity (Wildman–Crippen MR) is 147 cm³/mol. The molecule has 0 saturated carbocycles. The van der Waals surface area contributed by atoms with Gasteiger partial charge in [0.05, 0.1) is 25.4 Å². The molecule has 1 heterocycles. The number of carbonyl (C=O) groups is 3. The van der Waals surface area contributed by atoms with Gasteiger partial charge in [-0.05, 0) is 92.5 Å². The van der Waals surface area contributed by atoms with Crippen molar-refractivity contribution in [3.05, 3.63) is 96.5 Å². The van der Waals surface area contributed by atoms with Crippen LogP contribution < -0.4 is 15.0 Å². The number of carbonyl (C=O) groups excluding carboxylic acids is 3. The first kappa shape index (κ1) is 25.6. The van der Waals surface area contributed by atoms with Crippen LogP contribution >= 0.6 is 38.5 Å². The summed E-state index contributed by atoms with van der Waals surface area (Å²) in [6, 6.07) is 19.1. The maximum atomic E-state index is 13.2. The van der Waals surface area contributed by atoms with E-state index in [9.17, 15) is 19.6 Å². The van der Waals surface area contributed by atoms with E-state index in [2.05, 4.69) is 49.9 Å². The Kier molecular flexibility index (Phi) is 7.86. The Balaban J connectivity index is 1.60. The molecule has 0 atom stereocenters. The lowest BCUT2D eigenvalue weighted by Gasteiger charge is -2.26. The molecule has 1 N–H and O–H groups in total. The van der Waals surface area contributed by atoms with Gasteiger partial charge in [-0.15, -0.1) is 0 Å². The van der Waals surface area contributed by atoms with Gasteiger partial charge in [-0.2, -0.15) is 5.26 Å². The first-order valence-corrected chi connectivity index (χ1v) is 12.8. The molecule has 3 aromatic carbocycles. The number of amides is 4. The molecule has 1 saturated heterocycles. The SMILES string of the molecule is CCc1ccc(N2C(=O)NC(=O)/C(=C/c3cc(Br)c(OCc4ccccc4C#N)c(I)c3)C2=O)cc1. The van der Waals surface area contributed by atoms with Crippen LogP contribution in [-0.2, 0) is 22.6 Å². The zero-order valence-electron chi connectivity index (χ0n) is 19.0. The Hall–Kier alpha value is -3.49. The fraction of sp³-hybridized carbons (Fsp3) is 0.111. The number of nitriles is 1. The standard InChI is InChI=1S/C27H19BrIN3O4/c1-2-16-7-9-20(10-8-16)32-26(34)21(25(33)31-27(32)35)11-17-12-22(28)24(23(29)13-17)36-15-19-6-4-3-5-18(19)14-30/h3-13H,2,15H2,1H3,(H,31,33,35)/b21-11-. The van der Waals surface area contributed by atoms with Gasteiger partial charge in [-0.25, -0.2) is 9.69 Å². The minimum absolute atomic E-state index is 0.159. The average molecular weight is 656 g/mol. The van der Waals surface area contributed by atoms with Crippen LogP contribution in [0.1, 0.15) is 29.2 Å². The van der Waals surface area contributed by atoms with Crippen LogP contribution in [0.2, 0.25) is 0 Å². The van der Waals surface area contributed by atoms with Gasteiger partial charge in [-0.1, -0.05) is 37.3 Å². The number of rotatable bonds is 6. The molecule has 0 unspecified atom stereocenters. The van der Waals surface area contributed by atoms with E-state index in [1.807, 2.05) is 31.2 Å².